The van der Waals surface area contributed by atoms with E-state index in [1.807, 2.05) is 23.5 Å². The fourth-order valence-electron chi connectivity index (χ4n) is 1.66. The molecular weight excluding hydrogens is 280 g/mol. The second-order valence-electron chi connectivity index (χ2n) is 3.85. The average molecular weight is 293 g/mol. The predicted octanol–water partition coefficient (Wildman–Crippen LogP) is 1.35. The zero-order chi connectivity index (χ0) is 12.4. The van der Waals surface area contributed by atoms with Crippen LogP contribution in [-0.4, -0.2) is 32.1 Å². The molecule has 1 N–H and O–H groups in total. The van der Waals surface area contributed by atoms with Crippen molar-refractivity contribution in [2.75, 3.05) is 17.3 Å². The summed E-state index contributed by atoms with van der Waals surface area (Å²) in [5, 5.41) is 0.468. The van der Waals surface area contributed by atoms with Gasteiger partial charge in [0.05, 0.1) is 0 Å². The largest absolute Gasteiger partial charge is 0.329 e. The summed E-state index contributed by atoms with van der Waals surface area (Å²) in [5.41, 5.74) is -0.295. The molecule has 0 bridgehead atoms. The number of thioether (sulfide) groups is 2. The fraction of sp³-hybridized carbons (Fsp3) is 0.600. The van der Waals surface area contributed by atoms with Crippen LogP contribution < -0.4 is 11.2 Å². The molecule has 0 radical (unpaired) electrons. The SMILES string of the molecule is Cc1c(Cl)[nH]c(=O)n(CC2CSCCS2)c1=O. The number of hydrogen-bond donors (Lipinski definition) is 1. The number of H-pyrrole nitrogens is 1. The molecule has 1 aromatic heterocycles. The normalized spacial score (nSPS) is 20.5. The molecule has 4 nitrogen and oxygen atoms in total. The molecule has 1 saturated heterocycles. The van der Waals surface area contributed by atoms with Crippen LogP contribution in [-0.2, 0) is 6.54 Å². The molecule has 1 fully saturated rings. The first-order valence-corrected chi connectivity index (χ1v) is 7.86. The first-order valence-electron chi connectivity index (χ1n) is 5.28. The van der Waals surface area contributed by atoms with Crippen LogP contribution in [0.4, 0.5) is 0 Å². The van der Waals surface area contributed by atoms with Gasteiger partial charge in [-0.1, -0.05) is 11.6 Å². The summed E-state index contributed by atoms with van der Waals surface area (Å²) in [7, 11) is 0. The van der Waals surface area contributed by atoms with E-state index in [0.717, 1.165) is 17.3 Å². The van der Waals surface area contributed by atoms with E-state index in [9.17, 15) is 9.59 Å². The summed E-state index contributed by atoms with van der Waals surface area (Å²) in [5.74, 6) is 3.21. The molecule has 0 aromatic carbocycles. The molecule has 1 atom stereocenters. The molecule has 94 valence electrons. The number of rotatable bonds is 2. The Labute approximate surface area is 112 Å². The van der Waals surface area contributed by atoms with Gasteiger partial charge in [0.15, 0.2) is 0 Å². The second kappa shape index (κ2) is 5.54. The van der Waals surface area contributed by atoms with Gasteiger partial charge in [-0.2, -0.15) is 23.5 Å². The van der Waals surface area contributed by atoms with E-state index in [1.165, 1.54) is 4.57 Å². The zero-order valence-corrected chi connectivity index (χ0v) is 11.8. The van der Waals surface area contributed by atoms with Gasteiger partial charge < -0.3 is 0 Å². The van der Waals surface area contributed by atoms with Crippen molar-refractivity contribution in [1.82, 2.24) is 9.55 Å². The van der Waals surface area contributed by atoms with Crippen molar-refractivity contribution >= 4 is 35.1 Å². The average Bonchev–Trinajstić information content (AvgIpc) is 2.33. The Hall–Kier alpha value is -0.330. The molecule has 1 aromatic rings. The van der Waals surface area contributed by atoms with Gasteiger partial charge in [0, 0.05) is 34.6 Å². The molecular formula is C10H13ClN2O2S2. The first-order chi connectivity index (χ1) is 8.09. The van der Waals surface area contributed by atoms with Gasteiger partial charge in [-0.05, 0) is 6.92 Å². The van der Waals surface area contributed by atoms with E-state index < -0.39 is 5.69 Å². The van der Waals surface area contributed by atoms with Crippen LogP contribution in [0, 0.1) is 6.92 Å². The van der Waals surface area contributed by atoms with Gasteiger partial charge in [-0.15, -0.1) is 0 Å². The minimum absolute atomic E-state index is 0.141. The van der Waals surface area contributed by atoms with Crippen molar-refractivity contribution in [2.24, 2.45) is 0 Å². The van der Waals surface area contributed by atoms with E-state index >= 15 is 0 Å². The number of aromatic amines is 1. The summed E-state index contributed by atoms with van der Waals surface area (Å²) in [6.07, 6.45) is 0. The Kier molecular flexibility index (Phi) is 4.27. The number of nitrogens with zero attached hydrogens (tertiary/aromatic N) is 1. The molecule has 1 aliphatic heterocycles. The smallest absolute Gasteiger partial charge is 0.297 e. The van der Waals surface area contributed by atoms with Crippen LogP contribution in [0.1, 0.15) is 5.56 Å². The second-order valence-corrected chi connectivity index (χ2v) is 6.79. The van der Waals surface area contributed by atoms with Crippen LogP contribution >= 0.6 is 35.1 Å². The molecule has 2 heterocycles. The van der Waals surface area contributed by atoms with Crippen molar-refractivity contribution in [3.8, 4) is 0 Å². The third-order valence-electron chi connectivity index (χ3n) is 2.63. The summed E-state index contributed by atoms with van der Waals surface area (Å²) in [6.45, 7) is 2.09. The van der Waals surface area contributed by atoms with Crippen LogP contribution in [0.25, 0.3) is 0 Å². The highest BCUT2D eigenvalue weighted by Crippen LogP contribution is 2.24. The van der Waals surface area contributed by atoms with Gasteiger partial charge in [-0.3, -0.25) is 14.3 Å². The molecule has 1 aliphatic rings. The van der Waals surface area contributed by atoms with Crippen molar-refractivity contribution < 1.29 is 0 Å². The lowest BCUT2D eigenvalue weighted by Gasteiger charge is -2.21. The van der Waals surface area contributed by atoms with Crippen LogP contribution in [0.15, 0.2) is 9.59 Å². The molecule has 17 heavy (non-hydrogen) atoms. The zero-order valence-electron chi connectivity index (χ0n) is 9.36. The Bertz CT molecular complexity index is 520. The maximum Gasteiger partial charge on any atom is 0.329 e. The topological polar surface area (TPSA) is 54.9 Å². The minimum Gasteiger partial charge on any atom is -0.297 e. The summed E-state index contributed by atoms with van der Waals surface area (Å²) >= 11 is 9.44. The number of halogens is 1. The third kappa shape index (κ3) is 2.92. The van der Waals surface area contributed by atoms with Crippen molar-refractivity contribution in [3.63, 3.8) is 0 Å². The highest BCUT2D eigenvalue weighted by molar-refractivity contribution is 8.06. The van der Waals surface area contributed by atoms with Crippen LogP contribution in [0.5, 0.6) is 0 Å². The fourth-order valence-corrected chi connectivity index (χ4v) is 4.47. The predicted molar refractivity (Wildman–Crippen MR) is 74.6 cm³/mol. The maximum absolute atomic E-state index is 11.9. The minimum atomic E-state index is -0.415. The molecule has 7 heteroatoms. The summed E-state index contributed by atoms with van der Waals surface area (Å²) < 4.78 is 1.25. The molecule has 0 saturated carbocycles. The third-order valence-corrected chi connectivity index (χ3v) is 5.83. The van der Waals surface area contributed by atoms with Crippen LogP contribution in [0.3, 0.4) is 0 Å². The Balaban J connectivity index is 2.29. The molecule has 0 aliphatic carbocycles. The molecule has 2 rings (SSSR count). The van der Waals surface area contributed by atoms with E-state index in [1.54, 1.807) is 6.92 Å². The molecule has 0 spiro atoms. The molecule has 0 amide bonds. The highest BCUT2D eigenvalue weighted by Gasteiger charge is 2.18. The summed E-state index contributed by atoms with van der Waals surface area (Å²) in [4.78, 5) is 26.1. The lowest BCUT2D eigenvalue weighted by molar-refractivity contribution is 0.623. The van der Waals surface area contributed by atoms with E-state index in [0.29, 0.717) is 17.4 Å². The van der Waals surface area contributed by atoms with Crippen molar-refractivity contribution in [1.29, 1.82) is 0 Å². The maximum atomic E-state index is 11.9. The van der Waals surface area contributed by atoms with Crippen LogP contribution in [0.2, 0.25) is 5.15 Å². The van der Waals surface area contributed by atoms with Gasteiger partial charge in [0.2, 0.25) is 0 Å². The van der Waals surface area contributed by atoms with Crippen molar-refractivity contribution in [2.45, 2.75) is 18.7 Å². The van der Waals surface area contributed by atoms with Gasteiger partial charge in [0.25, 0.3) is 5.56 Å². The van der Waals surface area contributed by atoms with Gasteiger partial charge in [0.1, 0.15) is 5.15 Å². The highest BCUT2D eigenvalue weighted by atomic mass is 35.5. The lowest BCUT2D eigenvalue weighted by Crippen LogP contribution is -2.40. The quantitative estimate of drug-likeness (QED) is 0.836. The van der Waals surface area contributed by atoms with Gasteiger partial charge in [-0.25, -0.2) is 4.79 Å². The van der Waals surface area contributed by atoms with Gasteiger partial charge >= 0.3 is 5.69 Å². The standard InChI is InChI=1S/C10H13ClN2O2S2/c1-6-8(11)12-10(15)13(9(6)14)4-7-5-16-2-3-17-7/h7H,2-5H2,1H3,(H,12,15). The Morgan fingerprint density at radius 2 is 2.24 bits per heavy atom. The van der Waals surface area contributed by atoms with Crippen molar-refractivity contribution in [3.05, 3.63) is 31.6 Å². The number of nitrogens with one attached hydrogen (secondary N) is 1. The van der Waals surface area contributed by atoms with E-state index in [2.05, 4.69) is 4.98 Å². The number of aromatic nitrogens is 2. The molecule has 1 unspecified atom stereocenters. The number of hydrogen-bond acceptors (Lipinski definition) is 4. The first kappa shape index (κ1) is 13.1. The van der Waals surface area contributed by atoms with E-state index in [-0.39, 0.29) is 10.7 Å². The lowest BCUT2D eigenvalue weighted by atomic mass is 10.3. The van der Waals surface area contributed by atoms with E-state index in [4.69, 9.17) is 11.6 Å². The Morgan fingerprint density at radius 3 is 2.88 bits per heavy atom. The summed E-state index contributed by atoms with van der Waals surface area (Å²) in [6, 6.07) is 0. The Morgan fingerprint density at radius 1 is 1.47 bits per heavy atom. The monoisotopic (exact) mass is 292 g/mol.